The topological polar surface area (TPSA) is 66.4 Å². The van der Waals surface area contributed by atoms with Crippen molar-refractivity contribution in [1.29, 1.82) is 0 Å². The van der Waals surface area contributed by atoms with Crippen molar-refractivity contribution in [3.63, 3.8) is 0 Å². The molecule has 0 aromatic heterocycles. The summed E-state index contributed by atoms with van der Waals surface area (Å²) in [5.41, 5.74) is 1.36. The normalized spacial score (nSPS) is 14.4. The summed E-state index contributed by atoms with van der Waals surface area (Å²) in [7, 11) is -3.55. The van der Waals surface area contributed by atoms with Crippen LogP contribution in [-0.4, -0.2) is 19.6 Å². The lowest BCUT2D eigenvalue weighted by atomic mass is 9.89. The maximum atomic E-state index is 12.3. The number of aryl methyl sites for hydroxylation is 1. The van der Waals surface area contributed by atoms with Gasteiger partial charge in [-0.15, -0.1) is 0 Å². The van der Waals surface area contributed by atoms with Gasteiger partial charge in [-0.3, -0.25) is 0 Å². The van der Waals surface area contributed by atoms with Gasteiger partial charge in [0.25, 0.3) is 0 Å². The van der Waals surface area contributed by atoms with E-state index in [0.29, 0.717) is 5.56 Å². The van der Waals surface area contributed by atoms with Crippen LogP contribution >= 0.6 is 0 Å². The predicted octanol–water partition coefficient (Wildman–Crippen LogP) is 2.20. The molecule has 0 aliphatic carbocycles. The van der Waals surface area contributed by atoms with Gasteiger partial charge >= 0.3 is 0 Å². The highest BCUT2D eigenvalue weighted by atomic mass is 32.2. The van der Waals surface area contributed by atoms with Gasteiger partial charge in [0.15, 0.2) is 0 Å². The van der Waals surface area contributed by atoms with Crippen molar-refractivity contribution >= 4 is 10.0 Å². The van der Waals surface area contributed by atoms with Crippen LogP contribution in [0.3, 0.4) is 0 Å². The van der Waals surface area contributed by atoms with Crippen LogP contribution in [0.4, 0.5) is 0 Å². The Labute approximate surface area is 115 Å². The molecule has 1 aromatic carbocycles. The fraction of sp³-hybridized carbons (Fsp3) is 0.571. The Bertz CT molecular complexity index is 544. The predicted molar refractivity (Wildman–Crippen MR) is 76.3 cm³/mol. The summed E-state index contributed by atoms with van der Waals surface area (Å²) in [5.74, 6) is 0. The SMILES string of the molecule is Cc1ccc(S(=O)(=O)NC(C)C(C)(C)C)cc1CO. The second-order valence-electron chi connectivity index (χ2n) is 5.96. The lowest BCUT2D eigenvalue weighted by Gasteiger charge is -2.27. The van der Waals surface area contributed by atoms with Crippen molar-refractivity contribution < 1.29 is 13.5 Å². The van der Waals surface area contributed by atoms with Crippen LogP contribution in [0.5, 0.6) is 0 Å². The Morgan fingerprint density at radius 3 is 2.37 bits per heavy atom. The molecule has 0 saturated heterocycles. The van der Waals surface area contributed by atoms with E-state index in [4.69, 9.17) is 0 Å². The zero-order valence-electron chi connectivity index (χ0n) is 12.2. The Balaban J connectivity index is 3.08. The molecule has 4 nitrogen and oxygen atoms in total. The van der Waals surface area contributed by atoms with E-state index in [1.165, 1.54) is 6.07 Å². The molecule has 108 valence electrons. The molecule has 1 unspecified atom stereocenters. The third-order valence-electron chi connectivity index (χ3n) is 3.43. The number of sulfonamides is 1. The summed E-state index contributed by atoms with van der Waals surface area (Å²) in [6.07, 6.45) is 0. The highest BCUT2D eigenvalue weighted by Gasteiger charge is 2.26. The van der Waals surface area contributed by atoms with Crippen LogP contribution in [0.25, 0.3) is 0 Å². The molecule has 19 heavy (non-hydrogen) atoms. The van der Waals surface area contributed by atoms with Crippen LogP contribution in [0.15, 0.2) is 23.1 Å². The third-order valence-corrected chi connectivity index (χ3v) is 4.97. The smallest absolute Gasteiger partial charge is 0.240 e. The summed E-state index contributed by atoms with van der Waals surface area (Å²) in [4.78, 5) is 0.193. The van der Waals surface area contributed by atoms with Gasteiger partial charge in [-0.05, 0) is 42.5 Å². The first-order chi connectivity index (χ1) is 8.58. The van der Waals surface area contributed by atoms with E-state index in [0.717, 1.165) is 5.56 Å². The molecule has 0 spiro atoms. The highest BCUT2D eigenvalue weighted by Crippen LogP contribution is 2.22. The van der Waals surface area contributed by atoms with E-state index in [9.17, 15) is 13.5 Å². The maximum Gasteiger partial charge on any atom is 0.240 e. The van der Waals surface area contributed by atoms with Crippen molar-refractivity contribution in [2.45, 2.75) is 52.2 Å². The van der Waals surface area contributed by atoms with Crippen molar-refractivity contribution in [3.05, 3.63) is 29.3 Å². The lowest BCUT2D eigenvalue weighted by molar-refractivity contribution is 0.280. The van der Waals surface area contributed by atoms with Crippen molar-refractivity contribution in [2.24, 2.45) is 5.41 Å². The Hall–Kier alpha value is -0.910. The van der Waals surface area contributed by atoms with Gasteiger partial charge in [0.2, 0.25) is 10.0 Å². The van der Waals surface area contributed by atoms with Gasteiger partial charge in [-0.25, -0.2) is 13.1 Å². The van der Waals surface area contributed by atoms with Gasteiger partial charge < -0.3 is 5.11 Å². The van der Waals surface area contributed by atoms with Crippen LogP contribution in [0.1, 0.15) is 38.8 Å². The zero-order valence-corrected chi connectivity index (χ0v) is 13.0. The highest BCUT2D eigenvalue weighted by molar-refractivity contribution is 7.89. The second kappa shape index (κ2) is 5.61. The molecule has 0 radical (unpaired) electrons. The minimum absolute atomic E-state index is 0.155. The van der Waals surface area contributed by atoms with E-state index < -0.39 is 10.0 Å². The fourth-order valence-electron chi connectivity index (χ4n) is 1.46. The first-order valence-electron chi connectivity index (χ1n) is 6.30. The van der Waals surface area contributed by atoms with Crippen LogP contribution < -0.4 is 4.72 Å². The minimum Gasteiger partial charge on any atom is -0.392 e. The van der Waals surface area contributed by atoms with Gasteiger partial charge in [0.05, 0.1) is 11.5 Å². The summed E-state index contributed by atoms with van der Waals surface area (Å²) in [5, 5.41) is 9.20. The molecule has 0 amide bonds. The van der Waals surface area contributed by atoms with E-state index >= 15 is 0 Å². The minimum atomic E-state index is -3.55. The van der Waals surface area contributed by atoms with Gasteiger partial charge in [0.1, 0.15) is 0 Å². The number of nitrogens with one attached hydrogen (secondary N) is 1. The molecule has 1 atom stereocenters. The number of hydrogen-bond donors (Lipinski definition) is 2. The first-order valence-corrected chi connectivity index (χ1v) is 7.79. The van der Waals surface area contributed by atoms with E-state index in [1.54, 1.807) is 12.1 Å². The number of aliphatic hydroxyl groups is 1. The lowest BCUT2D eigenvalue weighted by Crippen LogP contribution is -2.41. The molecule has 1 rings (SSSR count). The molecule has 0 heterocycles. The molecular weight excluding hydrogens is 262 g/mol. The van der Waals surface area contributed by atoms with Crippen molar-refractivity contribution in [2.75, 3.05) is 0 Å². The number of benzene rings is 1. The number of hydrogen-bond acceptors (Lipinski definition) is 3. The molecule has 0 bridgehead atoms. The molecule has 1 aromatic rings. The largest absolute Gasteiger partial charge is 0.392 e. The Morgan fingerprint density at radius 2 is 1.89 bits per heavy atom. The average Bonchev–Trinajstić information content (AvgIpc) is 2.27. The molecule has 2 N–H and O–H groups in total. The maximum absolute atomic E-state index is 12.3. The van der Waals surface area contributed by atoms with Crippen LogP contribution in [-0.2, 0) is 16.6 Å². The van der Waals surface area contributed by atoms with E-state index in [1.807, 2.05) is 34.6 Å². The fourth-order valence-corrected chi connectivity index (χ4v) is 2.96. The van der Waals surface area contributed by atoms with Gasteiger partial charge in [0, 0.05) is 6.04 Å². The molecular formula is C14H23NO3S. The van der Waals surface area contributed by atoms with Gasteiger partial charge in [-0.2, -0.15) is 0 Å². The number of rotatable bonds is 4. The summed E-state index contributed by atoms with van der Waals surface area (Å²) >= 11 is 0. The second-order valence-corrected chi connectivity index (χ2v) is 7.67. The summed E-state index contributed by atoms with van der Waals surface area (Å²) in [6.45, 7) is 9.47. The van der Waals surface area contributed by atoms with Crippen molar-refractivity contribution in [3.8, 4) is 0 Å². The summed E-state index contributed by atoms with van der Waals surface area (Å²) in [6, 6.07) is 4.61. The van der Waals surface area contributed by atoms with Crippen LogP contribution in [0, 0.1) is 12.3 Å². The monoisotopic (exact) mass is 285 g/mol. The third kappa shape index (κ3) is 4.03. The molecule has 0 aliphatic heterocycles. The molecule has 0 aliphatic rings. The molecule has 0 fully saturated rings. The quantitative estimate of drug-likeness (QED) is 0.891. The van der Waals surface area contributed by atoms with E-state index in [2.05, 4.69) is 4.72 Å². The molecule has 0 saturated carbocycles. The van der Waals surface area contributed by atoms with Crippen molar-refractivity contribution in [1.82, 2.24) is 4.72 Å². The first kappa shape index (κ1) is 16.1. The van der Waals surface area contributed by atoms with Gasteiger partial charge in [-0.1, -0.05) is 26.8 Å². The Kier molecular flexibility index (Phi) is 4.76. The standard InChI is InChI=1S/C14H23NO3S/c1-10-6-7-13(8-12(10)9-16)19(17,18)15-11(2)14(3,4)5/h6-8,11,15-16H,9H2,1-5H3. The number of aliphatic hydroxyl groups excluding tert-OH is 1. The molecule has 5 heteroatoms. The van der Waals surface area contributed by atoms with E-state index in [-0.39, 0.29) is 23.0 Å². The average molecular weight is 285 g/mol. The zero-order chi connectivity index (χ0) is 14.8. The Morgan fingerprint density at radius 1 is 1.32 bits per heavy atom. The van der Waals surface area contributed by atoms with Crippen LogP contribution in [0.2, 0.25) is 0 Å². The summed E-state index contributed by atoms with van der Waals surface area (Å²) < 4.78 is 27.2.